The third-order valence-corrected chi connectivity index (χ3v) is 3.68. The lowest BCUT2D eigenvalue weighted by Crippen LogP contribution is -2.19. The highest BCUT2D eigenvalue weighted by Gasteiger charge is 2.06. The molecule has 0 aliphatic heterocycles. The number of benzene rings is 1. The highest BCUT2D eigenvalue weighted by Crippen LogP contribution is 2.27. The molecule has 0 saturated carbocycles. The molecule has 7 heteroatoms. The zero-order valence-electron chi connectivity index (χ0n) is 13.4. The molecule has 1 heterocycles. The molecule has 128 valence electrons. The van der Waals surface area contributed by atoms with E-state index in [-0.39, 0.29) is 5.91 Å². The smallest absolute Gasteiger partial charge is 0.240 e. The summed E-state index contributed by atoms with van der Waals surface area (Å²) in [4.78, 5) is 11.8. The van der Waals surface area contributed by atoms with Gasteiger partial charge in [-0.25, -0.2) is 5.43 Å². The van der Waals surface area contributed by atoms with Crippen LogP contribution in [0.2, 0.25) is 10.0 Å². The lowest BCUT2D eigenvalue weighted by atomic mass is 10.3. The normalized spacial score (nSPS) is 11.4. The Bertz CT molecular complexity index is 741. The van der Waals surface area contributed by atoms with Crippen molar-refractivity contribution >= 4 is 34.8 Å². The number of carbonyl (C=O) groups excluding carboxylic acids is 1. The summed E-state index contributed by atoms with van der Waals surface area (Å²) >= 11 is 11.8. The molecule has 0 aliphatic carbocycles. The molecule has 0 radical (unpaired) electrons. The molecule has 1 aromatic carbocycles. The predicted molar refractivity (Wildman–Crippen MR) is 95.0 cm³/mol. The molecule has 0 atom stereocenters. The lowest BCUT2D eigenvalue weighted by Gasteiger charge is -2.07. The van der Waals surface area contributed by atoms with Crippen molar-refractivity contribution in [3.05, 3.63) is 51.9 Å². The Labute approximate surface area is 150 Å². The maximum Gasteiger partial charge on any atom is 0.240 e. The van der Waals surface area contributed by atoms with Crippen molar-refractivity contribution < 1.29 is 13.9 Å². The Morgan fingerprint density at radius 1 is 1.29 bits per heavy atom. The minimum absolute atomic E-state index is 0.191. The van der Waals surface area contributed by atoms with E-state index in [9.17, 15) is 4.79 Å². The van der Waals surface area contributed by atoms with Gasteiger partial charge in [-0.1, -0.05) is 23.2 Å². The second kappa shape index (κ2) is 8.76. The van der Waals surface area contributed by atoms with Crippen molar-refractivity contribution in [3.8, 4) is 5.75 Å². The summed E-state index contributed by atoms with van der Waals surface area (Å²) in [7, 11) is 0. The molecule has 2 rings (SSSR count). The summed E-state index contributed by atoms with van der Waals surface area (Å²) < 4.78 is 10.9. The van der Waals surface area contributed by atoms with Crippen LogP contribution in [-0.4, -0.2) is 18.2 Å². The fourth-order valence-corrected chi connectivity index (χ4v) is 2.36. The number of halogens is 2. The van der Waals surface area contributed by atoms with Crippen LogP contribution in [0.1, 0.15) is 31.3 Å². The summed E-state index contributed by atoms with van der Waals surface area (Å²) in [6.07, 6.45) is 0.832. The second-order valence-electron chi connectivity index (χ2n) is 5.17. The lowest BCUT2D eigenvalue weighted by molar-refractivity contribution is -0.121. The van der Waals surface area contributed by atoms with Crippen LogP contribution in [0.15, 0.2) is 39.9 Å². The molecule has 0 unspecified atom stereocenters. The van der Waals surface area contributed by atoms with Crippen molar-refractivity contribution in [1.29, 1.82) is 0 Å². The number of amides is 1. The molecular weight excluding hydrogens is 351 g/mol. The fraction of sp³-hybridized carbons (Fsp3) is 0.294. The van der Waals surface area contributed by atoms with E-state index in [1.807, 2.05) is 19.1 Å². The number of furan rings is 1. The van der Waals surface area contributed by atoms with Crippen LogP contribution in [0.4, 0.5) is 0 Å². The van der Waals surface area contributed by atoms with Crippen LogP contribution < -0.4 is 10.2 Å². The van der Waals surface area contributed by atoms with Crippen molar-refractivity contribution in [2.75, 3.05) is 6.61 Å². The number of nitrogens with zero attached hydrogens (tertiary/aromatic N) is 1. The van der Waals surface area contributed by atoms with E-state index in [4.69, 9.17) is 32.4 Å². The number of aryl methyl sites for hydroxylation is 1. The van der Waals surface area contributed by atoms with Crippen LogP contribution in [-0.2, 0) is 4.79 Å². The highest BCUT2D eigenvalue weighted by molar-refractivity contribution is 6.35. The van der Waals surface area contributed by atoms with Gasteiger partial charge in [-0.2, -0.15) is 5.10 Å². The van der Waals surface area contributed by atoms with Crippen LogP contribution >= 0.6 is 23.2 Å². The van der Waals surface area contributed by atoms with E-state index >= 15 is 0 Å². The minimum Gasteiger partial charge on any atom is -0.492 e. The summed E-state index contributed by atoms with van der Waals surface area (Å²) in [6, 6.07) is 8.66. The molecule has 1 aromatic heterocycles. The Kier molecular flexibility index (Phi) is 6.70. The molecule has 1 N–H and O–H groups in total. The summed E-state index contributed by atoms with van der Waals surface area (Å²) in [5.74, 6) is 1.78. The number of nitrogens with one attached hydrogen (secondary N) is 1. The first-order valence-electron chi connectivity index (χ1n) is 7.43. The van der Waals surface area contributed by atoms with Crippen molar-refractivity contribution in [1.82, 2.24) is 5.43 Å². The number of ether oxygens (including phenoxy) is 1. The van der Waals surface area contributed by atoms with Crippen molar-refractivity contribution in [2.24, 2.45) is 5.10 Å². The first-order valence-corrected chi connectivity index (χ1v) is 8.19. The fourth-order valence-electron chi connectivity index (χ4n) is 1.89. The zero-order valence-corrected chi connectivity index (χ0v) is 14.9. The first kappa shape index (κ1) is 18.4. The second-order valence-corrected chi connectivity index (χ2v) is 6.01. The number of carbonyl (C=O) groups is 1. The highest BCUT2D eigenvalue weighted by atomic mass is 35.5. The van der Waals surface area contributed by atoms with E-state index in [2.05, 4.69) is 10.5 Å². The van der Waals surface area contributed by atoms with E-state index in [0.717, 1.165) is 5.76 Å². The summed E-state index contributed by atoms with van der Waals surface area (Å²) in [5, 5.41) is 5.01. The average Bonchev–Trinajstić information content (AvgIpc) is 2.97. The molecule has 0 bridgehead atoms. The summed E-state index contributed by atoms with van der Waals surface area (Å²) in [6.45, 7) is 3.99. The molecule has 2 aromatic rings. The van der Waals surface area contributed by atoms with Gasteiger partial charge in [-0.05, 0) is 50.6 Å². The molecule has 5 nitrogen and oxygen atoms in total. The van der Waals surface area contributed by atoms with E-state index in [1.54, 1.807) is 25.1 Å². The van der Waals surface area contributed by atoms with Gasteiger partial charge in [0.05, 0.1) is 11.6 Å². The van der Waals surface area contributed by atoms with Crippen LogP contribution in [0, 0.1) is 6.92 Å². The van der Waals surface area contributed by atoms with Gasteiger partial charge in [0.15, 0.2) is 0 Å². The molecule has 0 spiro atoms. The predicted octanol–water partition coefficient (Wildman–Crippen LogP) is 4.59. The van der Waals surface area contributed by atoms with E-state index in [0.29, 0.717) is 46.7 Å². The van der Waals surface area contributed by atoms with Crippen LogP contribution in [0.25, 0.3) is 0 Å². The van der Waals surface area contributed by atoms with E-state index in [1.165, 1.54) is 0 Å². The van der Waals surface area contributed by atoms with Crippen LogP contribution in [0.3, 0.4) is 0 Å². The molecule has 0 aliphatic rings. The minimum atomic E-state index is -0.191. The van der Waals surface area contributed by atoms with Gasteiger partial charge in [0.2, 0.25) is 5.91 Å². The van der Waals surface area contributed by atoms with Gasteiger partial charge in [-0.3, -0.25) is 4.79 Å². The number of hydrogen-bond acceptors (Lipinski definition) is 4. The Morgan fingerprint density at radius 2 is 2.08 bits per heavy atom. The Hall–Kier alpha value is -1.98. The van der Waals surface area contributed by atoms with Gasteiger partial charge in [0, 0.05) is 11.4 Å². The molecule has 0 fully saturated rings. The standard InChI is InChI=1S/C17H18Cl2N2O3/c1-11-5-7-15(24-11)12(2)20-21-17(22)4-3-9-23-16-8-6-13(18)10-14(16)19/h5-8,10H,3-4,9H2,1-2H3,(H,21,22)/b20-12-. The maximum absolute atomic E-state index is 11.8. The maximum atomic E-state index is 11.8. The SMILES string of the molecule is C/C(=N/NC(=O)CCCOc1ccc(Cl)cc1Cl)c1ccc(C)o1. The summed E-state index contributed by atoms with van der Waals surface area (Å²) in [5.41, 5.74) is 3.11. The molecular formula is C17H18Cl2N2O3. The molecule has 1 amide bonds. The van der Waals surface area contributed by atoms with Gasteiger partial charge >= 0.3 is 0 Å². The first-order chi connectivity index (χ1) is 11.5. The number of hydrogen-bond donors (Lipinski definition) is 1. The third-order valence-electron chi connectivity index (χ3n) is 3.14. The average molecular weight is 369 g/mol. The largest absolute Gasteiger partial charge is 0.492 e. The monoisotopic (exact) mass is 368 g/mol. The van der Waals surface area contributed by atoms with Crippen molar-refractivity contribution in [2.45, 2.75) is 26.7 Å². The van der Waals surface area contributed by atoms with Gasteiger partial charge in [0.1, 0.15) is 23.0 Å². The Morgan fingerprint density at radius 3 is 2.75 bits per heavy atom. The van der Waals surface area contributed by atoms with Gasteiger partial charge < -0.3 is 9.15 Å². The Balaban J connectivity index is 1.71. The van der Waals surface area contributed by atoms with Crippen molar-refractivity contribution in [3.63, 3.8) is 0 Å². The molecule has 0 saturated heterocycles. The third kappa shape index (κ3) is 5.58. The van der Waals surface area contributed by atoms with E-state index < -0.39 is 0 Å². The topological polar surface area (TPSA) is 63.8 Å². The number of rotatable bonds is 7. The number of hydrazone groups is 1. The zero-order chi connectivity index (χ0) is 17.5. The van der Waals surface area contributed by atoms with Gasteiger partial charge in [-0.15, -0.1) is 0 Å². The molecule has 24 heavy (non-hydrogen) atoms. The van der Waals surface area contributed by atoms with Crippen LogP contribution in [0.5, 0.6) is 5.75 Å². The quantitative estimate of drug-likeness (QED) is 0.441. The van der Waals surface area contributed by atoms with Gasteiger partial charge in [0.25, 0.3) is 0 Å².